The molecule has 0 heterocycles. The number of carbonyl (C=O) groups is 2. The van der Waals surface area contributed by atoms with Crippen molar-refractivity contribution in [2.45, 2.75) is 45.6 Å². The molecule has 0 saturated carbocycles. The smallest absolute Gasteiger partial charge is 0.305 e. The van der Waals surface area contributed by atoms with Gasteiger partial charge in [0.1, 0.15) is 5.75 Å². The summed E-state index contributed by atoms with van der Waals surface area (Å²) in [4.78, 5) is 24.4. The fraction of sp³-hybridized carbons (Fsp3) is 0.529. The first-order chi connectivity index (χ1) is 10.9. The number of carbonyl (C=O) groups excluding carboxylic acids is 1. The highest BCUT2D eigenvalue weighted by Crippen LogP contribution is 2.16. The molecule has 1 N–H and O–H groups in total. The summed E-state index contributed by atoms with van der Waals surface area (Å²) < 4.78 is 6.61. The molecule has 128 valence electrons. The summed E-state index contributed by atoms with van der Waals surface area (Å²) in [5.41, 5.74) is 0. The van der Waals surface area contributed by atoms with Gasteiger partial charge in [-0.1, -0.05) is 15.9 Å². The van der Waals surface area contributed by atoms with Crippen LogP contribution >= 0.6 is 15.9 Å². The monoisotopic (exact) mass is 385 g/mol. The largest absolute Gasteiger partial charge is 0.494 e. The van der Waals surface area contributed by atoms with Gasteiger partial charge in [-0.05, 0) is 51.0 Å². The minimum absolute atomic E-state index is 0.00453. The third kappa shape index (κ3) is 8.02. The Labute approximate surface area is 145 Å². The molecule has 1 aromatic carbocycles. The van der Waals surface area contributed by atoms with Crippen molar-refractivity contribution in [3.8, 4) is 5.75 Å². The van der Waals surface area contributed by atoms with Crippen LogP contribution in [0.3, 0.4) is 0 Å². The number of carboxylic acids is 1. The van der Waals surface area contributed by atoms with E-state index < -0.39 is 5.97 Å². The first kappa shape index (κ1) is 19.5. The van der Waals surface area contributed by atoms with Gasteiger partial charge in [-0.15, -0.1) is 0 Å². The van der Waals surface area contributed by atoms with Crippen LogP contribution in [0.5, 0.6) is 5.75 Å². The molecule has 1 rings (SSSR count). The van der Waals surface area contributed by atoms with E-state index in [2.05, 4.69) is 15.9 Å². The van der Waals surface area contributed by atoms with Crippen molar-refractivity contribution in [2.75, 3.05) is 13.2 Å². The predicted octanol–water partition coefficient (Wildman–Crippen LogP) is 3.71. The minimum Gasteiger partial charge on any atom is -0.494 e. The van der Waals surface area contributed by atoms with Gasteiger partial charge in [0.15, 0.2) is 0 Å². The normalized spacial score (nSPS) is 10.6. The molecular formula is C17H24BrNO4. The molecular weight excluding hydrogens is 362 g/mol. The van der Waals surface area contributed by atoms with Crippen LogP contribution in [0.15, 0.2) is 28.7 Å². The number of halogens is 1. The van der Waals surface area contributed by atoms with Gasteiger partial charge in [-0.25, -0.2) is 0 Å². The second kappa shape index (κ2) is 10.3. The van der Waals surface area contributed by atoms with E-state index in [0.29, 0.717) is 13.0 Å². The van der Waals surface area contributed by atoms with E-state index in [1.54, 1.807) is 4.90 Å². The van der Waals surface area contributed by atoms with Crippen molar-refractivity contribution in [2.24, 2.45) is 0 Å². The van der Waals surface area contributed by atoms with Gasteiger partial charge in [0, 0.05) is 23.5 Å². The molecule has 0 atom stereocenters. The molecule has 0 saturated heterocycles. The van der Waals surface area contributed by atoms with Gasteiger partial charge in [0.2, 0.25) is 5.91 Å². The first-order valence-corrected chi connectivity index (χ1v) is 8.59. The summed E-state index contributed by atoms with van der Waals surface area (Å²) in [6.07, 6.45) is 1.91. The SMILES string of the molecule is CC(C)N(CCC(=O)O)C(=O)CCCCOc1ccc(Br)cc1. The van der Waals surface area contributed by atoms with E-state index in [-0.39, 0.29) is 24.9 Å². The lowest BCUT2D eigenvalue weighted by Crippen LogP contribution is -2.38. The van der Waals surface area contributed by atoms with Crippen LogP contribution in [0.25, 0.3) is 0 Å². The molecule has 0 unspecified atom stereocenters. The number of hydrogen-bond donors (Lipinski definition) is 1. The van der Waals surface area contributed by atoms with Gasteiger partial charge in [0.25, 0.3) is 0 Å². The predicted molar refractivity (Wildman–Crippen MR) is 92.6 cm³/mol. The molecule has 0 bridgehead atoms. The quantitative estimate of drug-likeness (QED) is 0.623. The van der Waals surface area contributed by atoms with Crippen molar-refractivity contribution >= 4 is 27.8 Å². The van der Waals surface area contributed by atoms with Crippen LogP contribution < -0.4 is 4.74 Å². The summed E-state index contributed by atoms with van der Waals surface area (Å²) in [6, 6.07) is 7.63. The second-order valence-corrected chi connectivity index (χ2v) is 6.50. The van der Waals surface area contributed by atoms with E-state index in [1.807, 2.05) is 38.1 Å². The van der Waals surface area contributed by atoms with E-state index in [1.165, 1.54) is 0 Å². The average molecular weight is 386 g/mol. The van der Waals surface area contributed by atoms with Gasteiger partial charge >= 0.3 is 5.97 Å². The number of unbranched alkanes of at least 4 members (excludes halogenated alkanes) is 1. The van der Waals surface area contributed by atoms with Gasteiger partial charge in [-0.2, -0.15) is 0 Å². The maximum absolute atomic E-state index is 12.2. The Bertz CT molecular complexity index is 502. The molecule has 0 spiro atoms. The third-order valence-corrected chi connectivity index (χ3v) is 3.91. The fourth-order valence-corrected chi connectivity index (χ4v) is 2.39. The van der Waals surface area contributed by atoms with Crippen molar-refractivity contribution in [1.29, 1.82) is 0 Å². The first-order valence-electron chi connectivity index (χ1n) is 7.79. The molecule has 6 heteroatoms. The summed E-state index contributed by atoms with van der Waals surface area (Å²) >= 11 is 3.37. The van der Waals surface area contributed by atoms with Gasteiger partial charge < -0.3 is 14.7 Å². The number of nitrogens with zero attached hydrogens (tertiary/aromatic N) is 1. The fourth-order valence-electron chi connectivity index (χ4n) is 2.13. The summed E-state index contributed by atoms with van der Waals surface area (Å²) in [6.45, 7) is 4.62. The lowest BCUT2D eigenvalue weighted by molar-refractivity contribution is -0.139. The van der Waals surface area contributed by atoms with Crippen LogP contribution in [0.1, 0.15) is 39.5 Å². The van der Waals surface area contributed by atoms with Gasteiger partial charge in [0.05, 0.1) is 13.0 Å². The number of hydrogen-bond acceptors (Lipinski definition) is 3. The van der Waals surface area contributed by atoms with Crippen molar-refractivity contribution < 1.29 is 19.4 Å². The van der Waals surface area contributed by atoms with Crippen LogP contribution in [0, 0.1) is 0 Å². The Morgan fingerprint density at radius 3 is 2.39 bits per heavy atom. The standard InChI is InChI=1S/C17H24BrNO4/c1-13(2)19(11-10-17(21)22)16(20)5-3-4-12-23-15-8-6-14(18)7-9-15/h6-9,13H,3-5,10-12H2,1-2H3,(H,21,22). The van der Waals surface area contributed by atoms with E-state index in [9.17, 15) is 9.59 Å². The van der Waals surface area contributed by atoms with Crippen LogP contribution in [0.4, 0.5) is 0 Å². The second-order valence-electron chi connectivity index (χ2n) is 5.58. The molecule has 0 aliphatic heterocycles. The average Bonchev–Trinajstić information content (AvgIpc) is 2.48. The molecule has 0 aliphatic rings. The molecule has 5 nitrogen and oxygen atoms in total. The number of amides is 1. The molecule has 23 heavy (non-hydrogen) atoms. The molecule has 1 amide bonds. The van der Waals surface area contributed by atoms with E-state index in [4.69, 9.17) is 9.84 Å². The number of benzene rings is 1. The van der Waals surface area contributed by atoms with Gasteiger partial charge in [-0.3, -0.25) is 9.59 Å². The zero-order chi connectivity index (χ0) is 17.2. The maximum Gasteiger partial charge on any atom is 0.305 e. The Hall–Kier alpha value is -1.56. The molecule has 0 fully saturated rings. The molecule has 0 radical (unpaired) electrons. The topological polar surface area (TPSA) is 66.8 Å². The summed E-state index contributed by atoms with van der Waals surface area (Å²) in [7, 11) is 0. The molecule has 0 aliphatic carbocycles. The van der Waals surface area contributed by atoms with E-state index in [0.717, 1.165) is 23.1 Å². The Morgan fingerprint density at radius 2 is 1.83 bits per heavy atom. The Balaban J connectivity index is 2.25. The number of aliphatic carboxylic acids is 1. The van der Waals surface area contributed by atoms with Crippen molar-refractivity contribution in [1.82, 2.24) is 4.90 Å². The minimum atomic E-state index is -0.883. The van der Waals surface area contributed by atoms with Crippen LogP contribution in [-0.2, 0) is 9.59 Å². The van der Waals surface area contributed by atoms with E-state index >= 15 is 0 Å². The van der Waals surface area contributed by atoms with Crippen LogP contribution in [0.2, 0.25) is 0 Å². The maximum atomic E-state index is 12.2. The molecule has 1 aromatic rings. The summed E-state index contributed by atoms with van der Waals surface area (Å²) in [5, 5.41) is 8.74. The highest BCUT2D eigenvalue weighted by molar-refractivity contribution is 9.10. The zero-order valence-electron chi connectivity index (χ0n) is 13.6. The Morgan fingerprint density at radius 1 is 1.17 bits per heavy atom. The highest BCUT2D eigenvalue weighted by Gasteiger charge is 2.17. The summed E-state index contributed by atoms with van der Waals surface area (Å²) in [5.74, 6) is -0.0685. The lowest BCUT2D eigenvalue weighted by Gasteiger charge is -2.26. The highest BCUT2D eigenvalue weighted by atomic mass is 79.9. The number of ether oxygens (including phenoxy) is 1. The molecule has 0 aromatic heterocycles. The number of rotatable bonds is 10. The number of carboxylic acid groups (broad SMARTS) is 1. The Kier molecular flexibility index (Phi) is 8.69. The third-order valence-electron chi connectivity index (χ3n) is 3.38. The van der Waals surface area contributed by atoms with Crippen molar-refractivity contribution in [3.63, 3.8) is 0 Å². The van der Waals surface area contributed by atoms with Crippen LogP contribution in [-0.4, -0.2) is 41.1 Å². The van der Waals surface area contributed by atoms with Crippen molar-refractivity contribution in [3.05, 3.63) is 28.7 Å². The lowest BCUT2D eigenvalue weighted by atomic mass is 10.2. The zero-order valence-corrected chi connectivity index (χ0v) is 15.2.